The van der Waals surface area contributed by atoms with Gasteiger partial charge in [-0.05, 0) is 24.1 Å². The van der Waals surface area contributed by atoms with Gasteiger partial charge < -0.3 is 0 Å². The number of hydrogen-bond acceptors (Lipinski definition) is 3. The van der Waals surface area contributed by atoms with Crippen LogP contribution >= 0.6 is 23.2 Å². The minimum Gasteiger partial charge on any atom is -0.258 e. The lowest BCUT2D eigenvalue weighted by molar-refractivity contribution is -0.385. The number of halogens is 2. The van der Waals surface area contributed by atoms with Crippen LogP contribution in [-0.2, 0) is 13.0 Å². The van der Waals surface area contributed by atoms with Crippen molar-refractivity contribution in [3.63, 3.8) is 0 Å². The van der Waals surface area contributed by atoms with E-state index in [9.17, 15) is 10.1 Å². The Morgan fingerprint density at radius 2 is 1.95 bits per heavy atom. The van der Waals surface area contributed by atoms with E-state index in [4.69, 9.17) is 23.2 Å². The molecule has 1 heterocycles. The smallest absolute Gasteiger partial charge is 0.258 e. The molecule has 2 aromatic rings. The zero-order valence-electron chi connectivity index (χ0n) is 10.8. The van der Waals surface area contributed by atoms with Crippen LogP contribution in [0.5, 0.6) is 0 Å². The molecule has 0 aliphatic heterocycles. The van der Waals surface area contributed by atoms with Gasteiger partial charge in [-0.1, -0.05) is 48.7 Å². The first-order valence-corrected chi connectivity index (χ1v) is 6.92. The molecule has 106 valence electrons. The predicted molar refractivity (Wildman–Crippen MR) is 78.4 cm³/mol. The third-order valence-corrected chi connectivity index (χ3v) is 3.48. The first-order valence-electron chi connectivity index (χ1n) is 6.17. The van der Waals surface area contributed by atoms with Crippen LogP contribution in [0.4, 0.5) is 5.69 Å². The van der Waals surface area contributed by atoms with Crippen molar-refractivity contribution >= 4 is 28.9 Å². The molecular formula is C13H13Cl2N3O2. The van der Waals surface area contributed by atoms with Crippen molar-refractivity contribution in [2.24, 2.45) is 0 Å². The molecule has 0 saturated carbocycles. The standard InChI is InChI=1S/C13H13Cl2N3O2/c1-2-3-11-12(18(19)20)13(15)17(16-11)8-9-4-6-10(14)7-5-9/h4-7H,2-3,8H2,1H3. The Hall–Kier alpha value is -1.59. The summed E-state index contributed by atoms with van der Waals surface area (Å²) >= 11 is 11.9. The summed E-state index contributed by atoms with van der Waals surface area (Å²) in [5.74, 6) is 0. The van der Waals surface area contributed by atoms with Crippen LogP contribution in [0.25, 0.3) is 0 Å². The normalized spacial score (nSPS) is 10.8. The Balaban J connectivity index is 2.34. The van der Waals surface area contributed by atoms with Crippen LogP contribution in [0.15, 0.2) is 24.3 Å². The van der Waals surface area contributed by atoms with Crippen molar-refractivity contribution < 1.29 is 4.92 Å². The molecule has 0 radical (unpaired) electrons. The number of nitro groups is 1. The van der Waals surface area contributed by atoms with Crippen LogP contribution in [0.2, 0.25) is 10.2 Å². The average molecular weight is 314 g/mol. The lowest BCUT2D eigenvalue weighted by Crippen LogP contribution is -2.02. The second-order valence-electron chi connectivity index (χ2n) is 4.38. The van der Waals surface area contributed by atoms with Crippen molar-refractivity contribution in [3.05, 3.63) is 55.8 Å². The molecular weight excluding hydrogens is 301 g/mol. The Kier molecular flexibility index (Phi) is 4.62. The quantitative estimate of drug-likeness (QED) is 0.616. The molecule has 0 amide bonds. The fourth-order valence-electron chi connectivity index (χ4n) is 1.93. The van der Waals surface area contributed by atoms with Gasteiger partial charge >= 0.3 is 5.69 Å². The number of rotatable bonds is 5. The van der Waals surface area contributed by atoms with E-state index >= 15 is 0 Å². The largest absolute Gasteiger partial charge is 0.329 e. The molecule has 0 unspecified atom stereocenters. The van der Waals surface area contributed by atoms with Gasteiger partial charge in [-0.3, -0.25) is 10.1 Å². The number of hydrogen-bond donors (Lipinski definition) is 0. The first kappa shape index (κ1) is 14.8. The van der Waals surface area contributed by atoms with Crippen molar-refractivity contribution in [1.29, 1.82) is 0 Å². The molecule has 0 aliphatic carbocycles. The molecule has 1 aromatic carbocycles. The fraction of sp³-hybridized carbons (Fsp3) is 0.308. The lowest BCUT2D eigenvalue weighted by Gasteiger charge is -2.02. The molecule has 20 heavy (non-hydrogen) atoms. The summed E-state index contributed by atoms with van der Waals surface area (Å²) < 4.78 is 1.45. The number of aromatic nitrogens is 2. The van der Waals surface area contributed by atoms with E-state index in [2.05, 4.69) is 5.10 Å². The number of aryl methyl sites for hydroxylation is 1. The van der Waals surface area contributed by atoms with Crippen LogP contribution in [0, 0.1) is 10.1 Å². The second-order valence-corrected chi connectivity index (χ2v) is 5.17. The average Bonchev–Trinajstić information content (AvgIpc) is 2.69. The maximum absolute atomic E-state index is 11.1. The molecule has 7 heteroatoms. The summed E-state index contributed by atoms with van der Waals surface area (Å²) in [4.78, 5) is 10.6. The third-order valence-electron chi connectivity index (χ3n) is 2.85. The fourth-order valence-corrected chi connectivity index (χ4v) is 2.33. The summed E-state index contributed by atoms with van der Waals surface area (Å²) in [5, 5.41) is 16.0. The Bertz CT molecular complexity index is 623. The minimum absolute atomic E-state index is 0.0633. The highest BCUT2D eigenvalue weighted by atomic mass is 35.5. The van der Waals surface area contributed by atoms with Crippen molar-refractivity contribution in [2.45, 2.75) is 26.3 Å². The summed E-state index contributed by atoms with van der Waals surface area (Å²) in [7, 11) is 0. The zero-order chi connectivity index (χ0) is 14.7. The van der Waals surface area contributed by atoms with E-state index in [1.807, 2.05) is 19.1 Å². The van der Waals surface area contributed by atoms with Gasteiger partial charge in [0, 0.05) is 5.02 Å². The van der Waals surface area contributed by atoms with E-state index < -0.39 is 4.92 Å². The predicted octanol–water partition coefficient (Wildman–Crippen LogP) is 4.10. The van der Waals surface area contributed by atoms with E-state index in [1.165, 1.54) is 4.68 Å². The van der Waals surface area contributed by atoms with Crippen LogP contribution in [-0.4, -0.2) is 14.7 Å². The van der Waals surface area contributed by atoms with E-state index in [0.717, 1.165) is 12.0 Å². The van der Waals surface area contributed by atoms with Gasteiger partial charge in [-0.15, -0.1) is 0 Å². The SMILES string of the molecule is CCCc1nn(Cc2ccc(Cl)cc2)c(Cl)c1[N+](=O)[O-]. The highest BCUT2D eigenvalue weighted by Crippen LogP contribution is 2.29. The Morgan fingerprint density at radius 1 is 1.30 bits per heavy atom. The molecule has 0 fully saturated rings. The van der Waals surface area contributed by atoms with Crippen LogP contribution in [0.1, 0.15) is 24.6 Å². The third kappa shape index (κ3) is 3.11. The number of benzene rings is 1. The first-order chi connectivity index (χ1) is 9.52. The minimum atomic E-state index is -0.474. The summed E-state index contributed by atoms with van der Waals surface area (Å²) in [5.41, 5.74) is 1.26. The maximum Gasteiger partial charge on any atom is 0.329 e. The molecule has 5 nitrogen and oxygen atoms in total. The Morgan fingerprint density at radius 3 is 2.50 bits per heavy atom. The molecule has 0 N–H and O–H groups in total. The molecule has 2 rings (SSSR count). The summed E-state index contributed by atoms with van der Waals surface area (Å²) in [6.45, 7) is 2.32. The van der Waals surface area contributed by atoms with Gasteiger partial charge in [0.2, 0.25) is 5.15 Å². The topological polar surface area (TPSA) is 61.0 Å². The van der Waals surface area contributed by atoms with Gasteiger partial charge in [0.1, 0.15) is 5.69 Å². The monoisotopic (exact) mass is 313 g/mol. The zero-order valence-corrected chi connectivity index (χ0v) is 12.4. The van der Waals surface area contributed by atoms with Gasteiger partial charge in [0.05, 0.1) is 11.5 Å². The van der Waals surface area contributed by atoms with Crippen LogP contribution in [0.3, 0.4) is 0 Å². The lowest BCUT2D eigenvalue weighted by atomic mass is 10.2. The van der Waals surface area contributed by atoms with Gasteiger partial charge in [0.25, 0.3) is 0 Å². The summed E-state index contributed by atoms with van der Waals surface area (Å²) in [6, 6.07) is 7.20. The van der Waals surface area contributed by atoms with E-state index in [-0.39, 0.29) is 10.8 Å². The molecule has 0 bridgehead atoms. The molecule has 0 aliphatic rings. The highest BCUT2D eigenvalue weighted by molar-refractivity contribution is 6.31. The molecule has 0 atom stereocenters. The number of nitrogens with zero attached hydrogens (tertiary/aromatic N) is 3. The van der Waals surface area contributed by atoms with E-state index in [1.54, 1.807) is 12.1 Å². The van der Waals surface area contributed by atoms with E-state index in [0.29, 0.717) is 23.7 Å². The van der Waals surface area contributed by atoms with Crippen LogP contribution < -0.4 is 0 Å². The van der Waals surface area contributed by atoms with Gasteiger partial charge in [0.15, 0.2) is 0 Å². The molecule has 0 spiro atoms. The maximum atomic E-state index is 11.1. The molecule has 1 aromatic heterocycles. The second kappa shape index (κ2) is 6.24. The van der Waals surface area contributed by atoms with Crippen molar-refractivity contribution in [3.8, 4) is 0 Å². The summed E-state index contributed by atoms with van der Waals surface area (Å²) in [6.07, 6.45) is 1.30. The van der Waals surface area contributed by atoms with Gasteiger partial charge in [-0.2, -0.15) is 5.10 Å². The van der Waals surface area contributed by atoms with Crippen molar-refractivity contribution in [1.82, 2.24) is 9.78 Å². The van der Waals surface area contributed by atoms with Gasteiger partial charge in [-0.25, -0.2) is 4.68 Å². The molecule has 0 saturated heterocycles. The highest BCUT2D eigenvalue weighted by Gasteiger charge is 2.25. The van der Waals surface area contributed by atoms with Crippen molar-refractivity contribution in [2.75, 3.05) is 0 Å². The Labute approximate surface area is 126 Å².